The van der Waals surface area contributed by atoms with E-state index in [9.17, 15) is 8.42 Å². The quantitative estimate of drug-likeness (QED) is 0.699. The molecule has 0 atom stereocenters. The molecule has 0 saturated carbocycles. The minimum atomic E-state index is -3.94. The molecule has 15 heavy (non-hydrogen) atoms. The van der Waals surface area contributed by atoms with Crippen molar-refractivity contribution in [2.24, 2.45) is 0 Å². The van der Waals surface area contributed by atoms with Crippen molar-refractivity contribution in [1.82, 2.24) is 19.6 Å². The van der Waals surface area contributed by atoms with E-state index in [1.165, 1.54) is 24.0 Å². The molecular weight excluding hydrogens is 244 g/mol. The molecule has 7 nitrogen and oxygen atoms in total. The molecule has 0 radical (unpaired) electrons. The SMILES string of the molecule is COc1cncc2nc(S(=O)(=O)Cl)nn12. The molecule has 0 fully saturated rings. The van der Waals surface area contributed by atoms with Crippen molar-refractivity contribution in [3.05, 3.63) is 12.4 Å². The van der Waals surface area contributed by atoms with Crippen LogP contribution in [-0.4, -0.2) is 35.1 Å². The minimum Gasteiger partial charge on any atom is -0.480 e. The predicted octanol–water partition coefficient (Wildman–Crippen LogP) is 0.0604. The summed E-state index contributed by atoms with van der Waals surface area (Å²) in [6.45, 7) is 0. The van der Waals surface area contributed by atoms with Gasteiger partial charge in [0.25, 0.3) is 14.2 Å². The Morgan fingerprint density at radius 2 is 2.20 bits per heavy atom. The van der Waals surface area contributed by atoms with Gasteiger partial charge in [0.2, 0.25) is 5.88 Å². The molecule has 2 rings (SSSR count). The fourth-order valence-electron chi connectivity index (χ4n) is 1.02. The van der Waals surface area contributed by atoms with Gasteiger partial charge in [0, 0.05) is 10.7 Å². The first-order valence-electron chi connectivity index (χ1n) is 3.72. The van der Waals surface area contributed by atoms with E-state index in [1.54, 1.807) is 0 Å². The maximum absolute atomic E-state index is 11.0. The Morgan fingerprint density at radius 3 is 2.80 bits per heavy atom. The van der Waals surface area contributed by atoms with Crippen molar-refractivity contribution in [2.45, 2.75) is 5.16 Å². The maximum atomic E-state index is 11.0. The summed E-state index contributed by atoms with van der Waals surface area (Å²) in [4.78, 5) is 7.47. The van der Waals surface area contributed by atoms with Crippen LogP contribution in [-0.2, 0) is 9.05 Å². The van der Waals surface area contributed by atoms with Gasteiger partial charge in [-0.25, -0.2) is 8.42 Å². The summed E-state index contributed by atoms with van der Waals surface area (Å²) in [5, 5.41) is 3.20. The van der Waals surface area contributed by atoms with Crippen LogP contribution in [0.3, 0.4) is 0 Å². The lowest BCUT2D eigenvalue weighted by Gasteiger charge is -1.98. The Morgan fingerprint density at radius 1 is 1.47 bits per heavy atom. The second kappa shape index (κ2) is 3.31. The van der Waals surface area contributed by atoms with E-state index in [4.69, 9.17) is 15.4 Å². The standard InChI is InChI=1S/C6H5ClN4O3S/c1-14-5-3-8-2-4-9-6(10-11(4)5)15(7,12)13/h2-3H,1H3. The molecule has 2 heterocycles. The Labute approximate surface area is 89.1 Å². The van der Waals surface area contributed by atoms with Gasteiger partial charge < -0.3 is 4.74 Å². The van der Waals surface area contributed by atoms with Crippen LogP contribution in [0.1, 0.15) is 0 Å². The summed E-state index contributed by atoms with van der Waals surface area (Å²) in [6, 6.07) is 0. The van der Waals surface area contributed by atoms with Gasteiger partial charge >= 0.3 is 0 Å². The zero-order valence-electron chi connectivity index (χ0n) is 7.45. The van der Waals surface area contributed by atoms with E-state index < -0.39 is 14.2 Å². The van der Waals surface area contributed by atoms with Crippen molar-refractivity contribution in [3.8, 4) is 5.88 Å². The number of fused-ring (bicyclic) bond motifs is 1. The van der Waals surface area contributed by atoms with Crippen molar-refractivity contribution in [1.29, 1.82) is 0 Å². The number of hydrogen-bond donors (Lipinski definition) is 0. The molecule has 0 bridgehead atoms. The van der Waals surface area contributed by atoms with Gasteiger partial charge in [-0.2, -0.15) is 9.50 Å². The molecular formula is C6H5ClN4O3S. The fourth-order valence-corrected chi connectivity index (χ4v) is 1.59. The molecule has 0 aliphatic rings. The number of halogens is 1. The minimum absolute atomic E-state index is 0.244. The molecule has 80 valence electrons. The highest BCUT2D eigenvalue weighted by Gasteiger charge is 2.18. The molecule has 0 aliphatic heterocycles. The summed E-state index contributed by atoms with van der Waals surface area (Å²) in [5.41, 5.74) is 0.244. The molecule has 0 aromatic carbocycles. The number of nitrogens with zero attached hydrogens (tertiary/aromatic N) is 4. The molecule has 9 heteroatoms. The van der Waals surface area contributed by atoms with E-state index >= 15 is 0 Å². The van der Waals surface area contributed by atoms with Crippen LogP contribution in [0.5, 0.6) is 5.88 Å². The van der Waals surface area contributed by atoms with Crippen molar-refractivity contribution >= 4 is 25.4 Å². The van der Waals surface area contributed by atoms with Crippen molar-refractivity contribution < 1.29 is 13.2 Å². The fraction of sp³-hybridized carbons (Fsp3) is 0.167. The molecule has 0 saturated heterocycles. The highest BCUT2D eigenvalue weighted by atomic mass is 35.7. The van der Waals surface area contributed by atoms with E-state index in [2.05, 4.69) is 15.1 Å². The number of methoxy groups -OCH3 is 1. The first-order valence-corrected chi connectivity index (χ1v) is 6.03. The molecule has 2 aromatic rings. The molecule has 0 unspecified atom stereocenters. The normalized spacial score (nSPS) is 11.9. The van der Waals surface area contributed by atoms with E-state index in [-0.39, 0.29) is 11.5 Å². The maximum Gasteiger partial charge on any atom is 0.298 e. The highest BCUT2D eigenvalue weighted by Crippen LogP contribution is 2.15. The molecule has 0 amide bonds. The van der Waals surface area contributed by atoms with Gasteiger partial charge in [-0.05, 0) is 0 Å². The Bertz CT molecular complexity index is 608. The monoisotopic (exact) mass is 248 g/mol. The second-order valence-electron chi connectivity index (χ2n) is 2.55. The van der Waals surface area contributed by atoms with Gasteiger partial charge in [-0.15, -0.1) is 5.10 Å². The topological polar surface area (TPSA) is 86.5 Å². The molecule has 0 spiro atoms. The highest BCUT2D eigenvalue weighted by molar-refractivity contribution is 8.13. The van der Waals surface area contributed by atoms with Crippen LogP contribution in [0, 0.1) is 0 Å². The molecule has 2 aromatic heterocycles. The number of ether oxygens (including phenoxy) is 1. The van der Waals surface area contributed by atoms with Crippen molar-refractivity contribution in [2.75, 3.05) is 7.11 Å². The lowest BCUT2D eigenvalue weighted by Crippen LogP contribution is -1.98. The second-order valence-corrected chi connectivity index (χ2v) is 5.01. The largest absolute Gasteiger partial charge is 0.480 e. The number of aromatic nitrogens is 4. The number of rotatable bonds is 2. The van der Waals surface area contributed by atoms with Crippen LogP contribution in [0.25, 0.3) is 5.65 Å². The summed E-state index contributed by atoms with van der Waals surface area (Å²) in [5.74, 6) is 0.270. The smallest absolute Gasteiger partial charge is 0.298 e. The van der Waals surface area contributed by atoms with Gasteiger partial charge in [-0.3, -0.25) is 4.98 Å². The van der Waals surface area contributed by atoms with Crippen molar-refractivity contribution in [3.63, 3.8) is 0 Å². The Balaban J connectivity index is 2.76. The average Bonchev–Trinajstić information content (AvgIpc) is 2.59. The zero-order valence-corrected chi connectivity index (χ0v) is 9.03. The molecule has 0 aliphatic carbocycles. The van der Waals surface area contributed by atoms with Crippen LogP contribution in [0.15, 0.2) is 17.6 Å². The van der Waals surface area contributed by atoms with E-state index in [0.717, 1.165) is 0 Å². The van der Waals surface area contributed by atoms with Crippen LogP contribution < -0.4 is 4.74 Å². The number of hydrogen-bond acceptors (Lipinski definition) is 6. The summed E-state index contributed by atoms with van der Waals surface area (Å²) in [7, 11) is 2.56. The summed E-state index contributed by atoms with van der Waals surface area (Å²) >= 11 is 0. The average molecular weight is 249 g/mol. The third kappa shape index (κ3) is 1.73. The summed E-state index contributed by atoms with van der Waals surface area (Å²) < 4.78 is 28.0. The van der Waals surface area contributed by atoms with Gasteiger partial charge in [0.1, 0.15) is 0 Å². The van der Waals surface area contributed by atoms with E-state index in [0.29, 0.717) is 0 Å². The Kier molecular flexibility index (Phi) is 2.24. The zero-order chi connectivity index (χ0) is 11.1. The van der Waals surface area contributed by atoms with Gasteiger partial charge in [0.05, 0.1) is 19.5 Å². The van der Waals surface area contributed by atoms with Crippen LogP contribution >= 0.6 is 10.7 Å². The predicted molar refractivity (Wildman–Crippen MR) is 50.4 cm³/mol. The third-order valence-corrected chi connectivity index (χ3v) is 2.65. The van der Waals surface area contributed by atoms with Gasteiger partial charge in [-0.1, -0.05) is 0 Å². The lowest BCUT2D eigenvalue weighted by atomic mass is 10.7. The van der Waals surface area contributed by atoms with Crippen LogP contribution in [0.2, 0.25) is 0 Å². The Hall–Kier alpha value is -1.41. The third-order valence-electron chi connectivity index (χ3n) is 1.62. The first kappa shape index (κ1) is 10.1. The molecule has 0 N–H and O–H groups in total. The first-order chi connectivity index (χ1) is 7.02. The summed E-state index contributed by atoms with van der Waals surface area (Å²) in [6.07, 6.45) is 2.73. The van der Waals surface area contributed by atoms with Gasteiger partial charge in [0.15, 0.2) is 5.65 Å². The van der Waals surface area contributed by atoms with E-state index in [1.807, 2.05) is 0 Å². The van der Waals surface area contributed by atoms with Crippen LogP contribution in [0.4, 0.5) is 0 Å². The lowest BCUT2D eigenvalue weighted by molar-refractivity contribution is 0.382.